The van der Waals surface area contributed by atoms with Gasteiger partial charge in [-0.25, -0.2) is 4.79 Å². The number of aliphatic carboxylic acids is 1. The summed E-state index contributed by atoms with van der Waals surface area (Å²) in [6.45, 7) is 2.40. The fourth-order valence-corrected chi connectivity index (χ4v) is 2.88. The zero-order chi connectivity index (χ0) is 15.7. The summed E-state index contributed by atoms with van der Waals surface area (Å²) in [6.07, 6.45) is 1.20. The normalized spacial score (nSPS) is 22.1. The van der Waals surface area contributed by atoms with Crippen LogP contribution in [0, 0.1) is 16.0 Å². The van der Waals surface area contributed by atoms with Crippen molar-refractivity contribution >= 4 is 40.5 Å². The Labute approximate surface area is 131 Å². The van der Waals surface area contributed by atoms with Gasteiger partial charge in [-0.2, -0.15) is 0 Å². The topological polar surface area (TPSA) is 83.7 Å². The molecule has 0 spiro atoms. The van der Waals surface area contributed by atoms with Crippen LogP contribution in [0.25, 0.3) is 0 Å². The van der Waals surface area contributed by atoms with E-state index < -0.39 is 16.9 Å². The quantitative estimate of drug-likeness (QED) is 0.675. The van der Waals surface area contributed by atoms with Crippen molar-refractivity contribution in [2.24, 2.45) is 5.92 Å². The number of carbonyl (C=O) groups is 1. The molecule has 1 aromatic carbocycles. The van der Waals surface area contributed by atoms with E-state index in [1.807, 2.05) is 6.92 Å². The van der Waals surface area contributed by atoms with Crippen LogP contribution >= 0.6 is 23.2 Å². The summed E-state index contributed by atoms with van der Waals surface area (Å²) in [7, 11) is 0. The van der Waals surface area contributed by atoms with Crippen molar-refractivity contribution < 1.29 is 14.8 Å². The van der Waals surface area contributed by atoms with Crippen molar-refractivity contribution in [2.45, 2.75) is 25.8 Å². The number of benzene rings is 1. The van der Waals surface area contributed by atoms with E-state index >= 15 is 0 Å². The smallest absolute Gasteiger partial charge is 0.326 e. The second-order valence-corrected chi connectivity index (χ2v) is 6.00. The van der Waals surface area contributed by atoms with Gasteiger partial charge in [0.05, 0.1) is 15.0 Å². The molecule has 114 valence electrons. The molecule has 1 heterocycles. The molecule has 1 aliphatic rings. The number of nitro benzene ring substituents is 1. The molecule has 2 atom stereocenters. The fraction of sp³-hybridized carbons (Fsp3) is 0.462. The van der Waals surface area contributed by atoms with Crippen LogP contribution in [-0.4, -0.2) is 28.6 Å². The average Bonchev–Trinajstić information content (AvgIpc) is 2.41. The van der Waals surface area contributed by atoms with Gasteiger partial charge < -0.3 is 10.0 Å². The lowest BCUT2D eigenvalue weighted by Gasteiger charge is -2.37. The van der Waals surface area contributed by atoms with Gasteiger partial charge in [0.1, 0.15) is 11.7 Å². The maximum absolute atomic E-state index is 11.4. The summed E-state index contributed by atoms with van der Waals surface area (Å²) in [6, 6.07) is 1.73. The van der Waals surface area contributed by atoms with Crippen LogP contribution in [0.4, 0.5) is 11.4 Å². The van der Waals surface area contributed by atoms with Gasteiger partial charge in [0.2, 0.25) is 0 Å². The predicted octanol–water partition coefficient (Wildman–Crippen LogP) is 3.59. The Morgan fingerprint density at radius 2 is 2.05 bits per heavy atom. The lowest BCUT2D eigenvalue weighted by atomic mass is 9.92. The minimum Gasteiger partial charge on any atom is -0.480 e. The van der Waals surface area contributed by atoms with Crippen LogP contribution < -0.4 is 4.90 Å². The highest BCUT2D eigenvalue weighted by Crippen LogP contribution is 2.39. The second-order valence-electron chi connectivity index (χ2n) is 5.19. The third-order valence-corrected chi connectivity index (χ3v) is 4.40. The minimum absolute atomic E-state index is 0.0735. The number of rotatable bonds is 3. The van der Waals surface area contributed by atoms with Gasteiger partial charge in [0.25, 0.3) is 5.69 Å². The van der Waals surface area contributed by atoms with Crippen molar-refractivity contribution in [1.29, 1.82) is 0 Å². The van der Waals surface area contributed by atoms with Gasteiger partial charge in [-0.05, 0) is 24.8 Å². The molecule has 1 fully saturated rings. The van der Waals surface area contributed by atoms with Crippen LogP contribution in [0.5, 0.6) is 0 Å². The van der Waals surface area contributed by atoms with Crippen LogP contribution in [0.2, 0.25) is 10.0 Å². The van der Waals surface area contributed by atoms with Gasteiger partial charge in [0, 0.05) is 12.6 Å². The van der Waals surface area contributed by atoms with Crippen LogP contribution in [0.3, 0.4) is 0 Å². The van der Waals surface area contributed by atoms with E-state index in [1.54, 1.807) is 0 Å². The third kappa shape index (κ3) is 3.22. The molecule has 2 rings (SSSR count). The molecule has 0 saturated carbocycles. The number of nitro groups is 1. The van der Waals surface area contributed by atoms with Gasteiger partial charge in [-0.15, -0.1) is 0 Å². The Balaban J connectivity index is 2.50. The predicted molar refractivity (Wildman–Crippen MR) is 80.3 cm³/mol. The first-order chi connectivity index (χ1) is 9.81. The second kappa shape index (κ2) is 6.07. The summed E-state index contributed by atoms with van der Waals surface area (Å²) in [4.78, 5) is 23.6. The van der Waals surface area contributed by atoms with Crippen LogP contribution in [0.15, 0.2) is 12.1 Å². The fourth-order valence-electron chi connectivity index (χ4n) is 2.57. The number of carboxylic acids is 1. The average molecular weight is 333 g/mol. The molecule has 8 heteroatoms. The van der Waals surface area contributed by atoms with E-state index in [1.165, 1.54) is 11.0 Å². The van der Waals surface area contributed by atoms with Gasteiger partial charge in [0.15, 0.2) is 0 Å². The molecular weight excluding hydrogens is 319 g/mol. The van der Waals surface area contributed by atoms with E-state index in [2.05, 4.69) is 0 Å². The molecule has 21 heavy (non-hydrogen) atoms. The number of hydrogen-bond acceptors (Lipinski definition) is 4. The molecule has 6 nitrogen and oxygen atoms in total. The molecule has 0 aromatic heterocycles. The summed E-state index contributed by atoms with van der Waals surface area (Å²) < 4.78 is 0. The summed E-state index contributed by atoms with van der Waals surface area (Å²) in [5.41, 5.74) is -0.0288. The van der Waals surface area contributed by atoms with E-state index in [-0.39, 0.29) is 27.3 Å². The number of nitrogens with zero attached hydrogens (tertiary/aromatic N) is 2. The van der Waals surface area contributed by atoms with Crippen molar-refractivity contribution in [2.75, 3.05) is 11.4 Å². The monoisotopic (exact) mass is 332 g/mol. The first-order valence-electron chi connectivity index (χ1n) is 6.44. The Bertz CT molecular complexity index is 594. The van der Waals surface area contributed by atoms with Crippen LogP contribution in [-0.2, 0) is 4.79 Å². The summed E-state index contributed by atoms with van der Waals surface area (Å²) in [5.74, 6) is -0.744. The molecule has 1 N–H and O–H groups in total. The first-order valence-corrected chi connectivity index (χ1v) is 7.19. The lowest BCUT2D eigenvalue weighted by molar-refractivity contribution is -0.384. The van der Waals surface area contributed by atoms with E-state index in [0.717, 1.165) is 12.5 Å². The Morgan fingerprint density at radius 1 is 1.43 bits per heavy atom. The number of piperidine rings is 1. The van der Waals surface area contributed by atoms with Crippen molar-refractivity contribution in [3.63, 3.8) is 0 Å². The first kappa shape index (κ1) is 15.9. The van der Waals surface area contributed by atoms with Crippen molar-refractivity contribution in [3.05, 3.63) is 32.3 Å². The molecule has 0 aliphatic carbocycles. The minimum atomic E-state index is -0.998. The van der Waals surface area contributed by atoms with E-state index in [9.17, 15) is 20.0 Å². The van der Waals surface area contributed by atoms with Gasteiger partial charge >= 0.3 is 5.97 Å². The Morgan fingerprint density at radius 3 is 2.62 bits per heavy atom. The highest BCUT2D eigenvalue weighted by Gasteiger charge is 2.35. The number of anilines is 1. The Hall–Kier alpha value is -1.53. The summed E-state index contributed by atoms with van der Waals surface area (Å²) in [5, 5.41) is 20.8. The largest absolute Gasteiger partial charge is 0.480 e. The maximum Gasteiger partial charge on any atom is 0.326 e. The lowest BCUT2D eigenvalue weighted by Crippen LogP contribution is -2.47. The third-order valence-electron chi connectivity index (χ3n) is 3.67. The molecule has 1 aromatic rings. The SMILES string of the molecule is CC1CCN(c2cc(Cl)c(Cl)cc2[N+](=O)[O-])C(C(=O)O)C1. The molecule has 0 radical (unpaired) electrons. The number of carboxylic acid groups (broad SMARTS) is 1. The molecule has 0 bridgehead atoms. The summed E-state index contributed by atoms with van der Waals surface area (Å²) >= 11 is 11.8. The van der Waals surface area contributed by atoms with Crippen LogP contribution in [0.1, 0.15) is 19.8 Å². The molecular formula is C13H14Cl2N2O4. The van der Waals surface area contributed by atoms with Crippen molar-refractivity contribution in [1.82, 2.24) is 0 Å². The maximum atomic E-state index is 11.4. The number of halogens is 2. The molecule has 1 saturated heterocycles. The standard InChI is InChI=1S/C13H14Cl2N2O4/c1-7-2-3-16(12(4-7)13(18)19)10-5-8(14)9(15)6-11(10)17(20)21/h5-7,12H,2-4H2,1H3,(H,18,19). The number of hydrogen-bond donors (Lipinski definition) is 1. The van der Waals surface area contributed by atoms with Crippen molar-refractivity contribution in [3.8, 4) is 0 Å². The molecule has 1 aliphatic heterocycles. The van der Waals surface area contributed by atoms with Gasteiger partial charge in [-0.3, -0.25) is 10.1 Å². The zero-order valence-electron chi connectivity index (χ0n) is 11.3. The Kier molecular flexibility index (Phi) is 4.58. The van der Waals surface area contributed by atoms with Gasteiger partial charge in [-0.1, -0.05) is 30.1 Å². The molecule has 2 unspecified atom stereocenters. The highest BCUT2D eigenvalue weighted by molar-refractivity contribution is 6.42. The highest BCUT2D eigenvalue weighted by atomic mass is 35.5. The zero-order valence-corrected chi connectivity index (χ0v) is 12.8. The van der Waals surface area contributed by atoms with E-state index in [4.69, 9.17) is 23.2 Å². The molecule has 0 amide bonds. The van der Waals surface area contributed by atoms with E-state index in [0.29, 0.717) is 13.0 Å².